The van der Waals surface area contributed by atoms with E-state index in [-0.39, 0.29) is 5.97 Å². The monoisotopic (exact) mass is 401 g/mol. The van der Waals surface area contributed by atoms with Crippen molar-refractivity contribution in [2.75, 3.05) is 19.4 Å². The number of aromatic amines is 1. The van der Waals surface area contributed by atoms with E-state index in [1.54, 1.807) is 11.8 Å². The Morgan fingerprint density at radius 2 is 2.11 bits per heavy atom. The molecule has 1 aliphatic rings. The normalized spacial score (nSPS) is 15.8. The Kier molecular flexibility index (Phi) is 7.43. The van der Waals surface area contributed by atoms with Crippen LogP contribution in [0.1, 0.15) is 60.6 Å². The van der Waals surface area contributed by atoms with Gasteiger partial charge in [0.25, 0.3) is 0 Å². The minimum atomic E-state index is -0.291. The van der Waals surface area contributed by atoms with Gasteiger partial charge in [-0.05, 0) is 57.1 Å². The van der Waals surface area contributed by atoms with Gasteiger partial charge in [0.05, 0.1) is 6.61 Å². The van der Waals surface area contributed by atoms with Gasteiger partial charge < -0.3 is 15.0 Å². The van der Waals surface area contributed by atoms with E-state index >= 15 is 0 Å². The Balaban J connectivity index is 1.77. The van der Waals surface area contributed by atoms with Gasteiger partial charge in [0.15, 0.2) is 5.17 Å². The number of hydrogen-bond acceptors (Lipinski definition) is 4. The number of nitrogens with one attached hydrogen (secondary N) is 2. The highest BCUT2D eigenvalue weighted by atomic mass is 32.2. The highest BCUT2D eigenvalue weighted by Gasteiger charge is 2.19. The minimum Gasteiger partial charge on any atom is -0.461 e. The van der Waals surface area contributed by atoms with Crippen LogP contribution in [0.4, 0.5) is 0 Å². The van der Waals surface area contributed by atoms with Crippen LogP contribution in [-0.4, -0.2) is 41.6 Å². The molecule has 0 amide bonds. The smallest absolute Gasteiger partial charge is 0.355 e. The predicted octanol–water partition coefficient (Wildman–Crippen LogP) is 4.84. The van der Waals surface area contributed by atoms with Crippen molar-refractivity contribution in [3.05, 3.63) is 35.0 Å². The summed E-state index contributed by atoms with van der Waals surface area (Å²) in [6, 6.07) is 6.75. The SMILES string of the molecule is CCOC(=O)c1[nH]c2ccc(C)cc2c1CCN=C(NC1CCCCC1)SC. The fourth-order valence-electron chi connectivity index (χ4n) is 3.86. The first kappa shape index (κ1) is 20.8. The average Bonchev–Trinajstić information content (AvgIpc) is 3.06. The van der Waals surface area contributed by atoms with Crippen molar-refractivity contribution in [1.29, 1.82) is 0 Å². The molecule has 0 bridgehead atoms. The van der Waals surface area contributed by atoms with Crippen LogP contribution in [0.25, 0.3) is 10.9 Å². The zero-order valence-electron chi connectivity index (χ0n) is 17.1. The molecule has 152 valence electrons. The predicted molar refractivity (Wildman–Crippen MR) is 119 cm³/mol. The van der Waals surface area contributed by atoms with Gasteiger partial charge in [-0.3, -0.25) is 4.99 Å². The van der Waals surface area contributed by atoms with Crippen molar-refractivity contribution in [1.82, 2.24) is 10.3 Å². The summed E-state index contributed by atoms with van der Waals surface area (Å²) < 4.78 is 5.26. The number of H-pyrrole nitrogens is 1. The average molecular weight is 402 g/mol. The van der Waals surface area contributed by atoms with Gasteiger partial charge in [-0.2, -0.15) is 0 Å². The molecule has 0 atom stereocenters. The Morgan fingerprint density at radius 1 is 1.32 bits per heavy atom. The second kappa shape index (κ2) is 10.0. The molecule has 0 spiro atoms. The van der Waals surface area contributed by atoms with Crippen LogP contribution in [0.15, 0.2) is 23.2 Å². The highest BCUT2D eigenvalue weighted by Crippen LogP contribution is 2.25. The zero-order valence-corrected chi connectivity index (χ0v) is 18.0. The number of carbonyl (C=O) groups is 1. The number of fused-ring (bicyclic) bond motifs is 1. The lowest BCUT2D eigenvalue weighted by Crippen LogP contribution is -2.34. The second-order valence-corrected chi connectivity index (χ2v) is 8.16. The molecule has 3 rings (SSSR count). The third kappa shape index (κ3) is 5.10. The van der Waals surface area contributed by atoms with E-state index < -0.39 is 0 Å². The number of thioether (sulfide) groups is 1. The number of nitrogens with zero attached hydrogens (tertiary/aromatic N) is 1. The van der Waals surface area contributed by atoms with Crippen LogP contribution < -0.4 is 5.32 Å². The summed E-state index contributed by atoms with van der Waals surface area (Å²) in [4.78, 5) is 20.5. The molecule has 0 saturated heterocycles. The quantitative estimate of drug-likeness (QED) is 0.413. The number of esters is 1. The second-order valence-electron chi connectivity index (χ2n) is 7.37. The molecule has 1 fully saturated rings. The molecule has 5 nitrogen and oxygen atoms in total. The van der Waals surface area contributed by atoms with Crippen LogP contribution in [-0.2, 0) is 11.2 Å². The number of aliphatic imine (C=N–C) groups is 1. The van der Waals surface area contributed by atoms with Gasteiger partial charge in [-0.1, -0.05) is 42.7 Å². The van der Waals surface area contributed by atoms with Crippen LogP contribution >= 0.6 is 11.8 Å². The van der Waals surface area contributed by atoms with Gasteiger partial charge in [-0.15, -0.1) is 0 Å². The van der Waals surface area contributed by atoms with Crippen molar-refractivity contribution in [2.24, 2.45) is 4.99 Å². The maximum atomic E-state index is 12.4. The van der Waals surface area contributed by atoms with E-state index in [9.17, 15) is 4.79 Å². The molecule has 1 aromatic heterocycles. The molecule has 0 radical (unpaired) electrons. The van der Waals surface area contributed by atoms with E-state index in [4.69, 9.17) is 9.73 Å². The summed E-state index contributed by atoms with van der Waals surface area (Å²) in [5.74, 6) is -0.291. The number of carbonyl (C=O) groups excluding carboxylic acids is 1. The Morgan fingerprint density at radius 3 is 2.82 bits per heavy atom. The molecule has 1 saturated carbocycles. The van der Waals surface area contributed by atoms with Crippen LogP contribution in [0.2, 0.25) is 0 Å². The van der Waals surface area contributed by atoms with Crippen molar-refractivity contribution in [3.8, 4) is 0 Å². The summed E-state index contributed by atoms with van der Waals surface area (Å²) in [6.45, 7) is 4.91. The lowest BCUT2D eigenvalue weighted by atomic mass is 9.96. The van der Waals surface area contributed by atoms with Crippen LogP contribution in [0, 0.1) is 6.92 Å². The fraction of sp³-hybridized carbons (Fsp3) is 0.545. The lowest BCUT2D eigenvalue weighted by Gasteiger charge is -2.23. The molecule has 2 aromatic rings. The third-order valence-electron chi connectivity index (χ3n) is 5.28. The van der Waals surface area contributed by atoms with E-state index in [0.717, 1.165) is 21.6 Å². The van der Waals surface area contributed by atoms with E-state index in [1.807, 2.05) is 13.0 Å². The lowest BCUT2D eigenvalue weighted by molar-refractivity contribution is 0.0519. The number of amidine groups is 1. The largest absolute Gasteiger partial charge is 0.461 e. The first-order chi connectivity index (χ1) is 13.6. The number of aryl methyl sites for hydroxylation is 1. The van der Waals surface area contributed by atoms with Crippen LogP contribution in [0.5, 0.6) is 0 Å². The van der Waals surface area contributed by atoms with Crippen molar-refractivity contribution in [2.45, 2.75) is 58.4 Å². The van der Waals surface area contributed by atoms with Gasteiger partial charge in [0, 0.05) is 23.5 Å². The number of hydrogen-bond donors (Lipinski definition) is 2. The van der Waals surface area contributed by atoms with Crippen molar-refractivity contribution < 1.29 is 9.53 Å². The first-order valence-corrected chi connectivity index (χ1v) is 11.5. The first-order valence-electron chi connectivity index (χ1n) is 10.3. The Labute approximate surface area is 171 Å². The van der Waals surface area contributed by atoms with E-state index in [2.05, 4.69) is 35.6 Å². The van der Waals surface area contributed by atoms with Gasteiger partial charge in [0.2, 0.25) is 0 Å². The minimum absolute atomic E-state index is 0.291. The van der Waals surface area contributed by atoms with Crippen molar-refractivity contribution >= 4 is 33.8 Å². The van der Waals surface area contributed by atoms with E-state index in [0.29, 0.717) is 31.3 Å². The van der Waals surface area contributed by atoms with Crippen molar-refractivity contribution in [3.63, 3.8) is 0 Å². The molecule has 1 aliphatic carbocycles. The molecule has 6 heteroatoms. The molecule has 28 heavy (non-hydrogen) atoms. The molecular formula is C22H31N3O2S. The Bertz CT molecular complexity index is 838. The van der Waals surface area contributed by atoms with Gasteiger partial charge >= 0.3 is 5.97 Å². The maximum absolute atomic E-state index is 12.4. The zero-order chi connectivity index (χ0) is 19.9. The third-order valence-corrected chi connectivity index (χ3v) is 5.92. The fourth-order valence-corrected chi connectivity index (χ4v) is 4.36. The molecule has 2 N–H and O–H groups in total. The van der Waals surface area contributed by atoms with Crippen LogP contribution in [0.3, 0.4) is 0 Å². The number of ether oxygens (including phenoxy) is 1. The van der Waals surface area contributed by atoms with Gasteiger partial charge in [0.1, 0.15) is 5.69 Å². The molecule has 1 heterocycles. The van der Waals surface area contributed by atoms with E-state index in [1.165, 1.54) is 37.7 Å². The number of aromatic nitrogens is 1. The Hall–Kier alpha value is -1.95. The highest BCUT2D eigenvalue weighted by molar-refractivity contribution is 8.13. The van der Waals surface area contributed by atoms with Gasteiger partial charge in [-0.25, -0.2) is 4.79 Å². The topological polar surface area (TPSA) is 66.5 Å². The summed E-state index contributed by atoms with van der Waals surface area (Å²) in [6.07, 6.45) is 9.18. The standard InChI is InChI=1S/C22H31N3O2S/c1-4-27-21(26)20-17(18-14-15(2)10-11-19(18)25-20)12-13-23-22(28-3)24-16-8-6-5-7-9-16/h10-11,14,16,25H,4-9,12-13H2,1-3H3,(H,23,24). The number of rotatable bonds is 6. The maximum Gasteiger partial charge on any atom is 0.355 e. The molecular weight excluding hydrogens is 370 g/mol. The summed E-state index contributed by atoms with van der Waals surface area (Å²) in [5, 5.41) is 5.69. The summed E-state index contributed by atoms with van der Waals surface area (Å²) in [5.41, 5.74) is 3.70. The molecule has 1 aromatic carbocycles. The molecule has 0 aliphatic heterocycles. The number of benzene rings is 1. The summed E-state index contributed by atoms with van der Waals surface area (Å²) in [7, 11) is 0. The summed E-state index contributed by atoms with van der Waals surface area (Å²) >= 11 is 1.66. The molecule has 0 unspecified atom stereocenters.